The molecule has 13 heteroatoms. The fraction of sp³-hybridized carbons (Fsp3) is 0.150. The standard InChI is InChI=1S/C20H17N7O6/c28-16(12-4-1-2-5-13(12)19(32)33)21-6-3-7-26-10-22-15-14(26)17(29)25-20(24-15)27-9-11(8-23-27)18(30)31/h1-2,4-5,8-10H,3,6-7H2,(H,21,28)(H,30,31)(H,32,33)(H,24,25,29). The number of carboxylic acid groups (broad SMARTS) is 2. The maximum Gasteiger partial charge on any atom is 0.338 e. The predicted molar refractivity (Wildman–Crippen MR) is 113 cm³/mol. The van der Waals surface area contributed by atoms with Crippen molar-refractivity contribution in [2.45, 2.75) is 13.0 Å². The van der Waals surface area contributed by atoms with E-state index >= 15 is 0 Å². The molecule has 1 aromatic carbocycles. The van der Waals surface area contributed by atoms with Crippen LogP contribution in [0.1, 0.15) is 37.5 Å². The van der Waals surface area contributed by atoms with E-state index in [4.69, 9.17) is 5.11 Å². The van der Waals surface area contributed by atoms with Crippen LogP contribution in [0.25, 0.3) is 17.1 Å². The van der Waals surface area contributed by atoms with Crippen LogP contribution in [0, 0.1) is 0 Å². The third-order valence-electron chi connectivity index (χ3n) is 4.78. The van der Waals surface area contributed by atoms with E-state index in [2.05, 4.69) is 25.4 Å². The molecule has 0 aliphatic carbocycles. The van der Waals surface area contributed by atoms with E-state index in [1.165, 1.54) is 24.7 Å². The van der Waals surface area contributed by atoms with Gasteiger partial charge in [-0.1, -0.05) is 12.1 Å². The molecule has 0 saturated heterocycles. The minimum atomic E-state index is -1.19. The molecule has 0 bridgehead atoms. The molecule has 4 N–H and O–H groups in total. The van der Waals surface area contributed by atoms with Gasteiger partial charge in [0.05, 0.1) is 29.2 Å². The quantitative estimate of drug-likeness (QED) is 0.277. The Kier molecular flexibility index (Phi) is 5.67. The summed E-state index contributed by atoms with van der Waals surface area (Å²) >= 11 is 0. The number of hydrogen-bond acceptors (Lipinski definition) is 7. The van der Waals surface area contributed by atoms with Crippen LogP contribution < -0.4 is 10.9 Å². The predicted octanol–water partition coefficient (Wildman–Crippen LogP) is 0.522. The van der Waals surface area contributed by atoms with Crippen LogP contribution in [0.15, 0.2) is 47.8 Å². The van der Waals surface area contributed by atoms with Gasteiger partial charge in [-0.2, -0.15) is 10.1 Å². The van der Waals surface area contributed by atoms with Gasteiger partial charge in [-0.05, 0) is 18.6 Å². The smallest absolute Gasteiger partial charge is 0.338 e. The Bertz CT molecular complexity index is 1430. The number of imidazole rings is 1. The van der Waals surface area contributed by atoms with E-state index < -0.39 is 23.4 Å². The van der Waals surface area contributed by atoms with Crippen molar-refractivity contribution in [3.8, 4) is 5.95 Å². The van der Waals surface area contributed by atoms with Gasteiger partial charge < -0.3 is 20.1 Å². The summed E-state index contributed by atoms with van der Waals surface area (Å²) in [5, 5.41) is 24.7. The normalized spacial score (nSPS) is 10.9. The molecular formula is C20H17N7O6. The zero-order chi connectivity index (χ0) is 23.5. The molecule has 168 valence electrons. The third kappa shape index (κ3) is 4.32. The van der Waals surface area contributed by atoms with E-state index in [9.17, 15) is 24.3 Å². The van der Waals surface area contributed by atoms with Crippen molar-refractivity contribution in [2.75, 3.05) is 6.54 Å². The Morgan fingerprint density at radius 2 is 1.85 bits per heavy atom. The summed E-state index contributed by atoms with van der Waals surface area (Å²) in [7, 11) is 0. The van der Waals surface area contributed by atoms with Crippen molar-refractivity contribution < 1.29 is 24.6 Å². The Morgan fingerprint density at radius 3 is 2.55 bits per heavy atom. The second-order valence-electron chi connectivity index (χ2n) is 6.94. The summed E-state index contributed by atoms with van der Waals surface area (Å²) in [5.41, 5.74) is -0.198. The lowest BCUT2D eigenvalue weighted by molar-refractivity contribution is 0.0684. The van der Waals surface area contributed by atoms with Gasteiger partial charge >= 0.3 is 11.9 Å². The molecule has 0 aliphatic heterocycles. The molecule has 3 aromatic heterocycles. The number of rotatable bonds is 8. The second kappa shape index (κ2) is 8.74. The minimum Gasteiger partial charge on any atom is -0.478 e. The molecule has 0 unspecified atom stereocenters. The highest BCUT2D eigenvalue weighted by atomic mass is 16.4. The summed E-state index contributed by atoms with van der Waals surface area (Å²) in [6, 6.07) is 5.91. The number of fused-ring (bicyclic) bond motifs is 1. The molecule has 0 saturated carbocycles. The average molecular weight is 451 g/mol. The highest BCUT2D eigenvalue weighted by Gasteiger charge is 2.16. The lowest BCUT2D eigenvalue weighted by Crippen LogP contribution is -2.27. The Hall–Kier alpha value is -4.81. The first-order valence-electron chi connectivity index (χ1n) is 9.69. The van der Waals surface area contributed by atoms with Gasteiger partial charge in [0.25, 0.3) is 11.5 Å². The first-order chi connectivity index (χ1) is 15.8. The zero-order valence-electron chi connectivity index (χ0n) is 16.9. The number of amides is 1. The van der Waals surface area contributed by atoms with Crippen molar-refractivity contribution in [3.63, 3.8) is 0 Å². The topological polar surface area (TPSA) is 185 Å². The van der Waals surface area contributed by atoms with Crippen molar-refractivity contribution in [1.82, 2.24) is 34.6 Å². The average Bonchev–Trinajstić information content (AvgIpc) is 3.44. The largest absolute Gasteiger partial charge is 0.478 e. The van der Waals surface area contributed by atoms with E-state index in [1.807, 2.05) is 0 Å². The second-order valence-corrected chi connectivity index (χ2v) is 6.94. The zero-order valence-corrected chi connectivity index (χ0v) is 16.9. The summed E-state index contributed by atoms with van der Waals surface area (Å²) < 4.78 is 2.71. The van der Waals surface area contributed by atoms with Gasteiger partial charge in [0.15, 0.2) is 11.2 Å². The molecule has 4 aromatic rings. The number of H-pyrrole nitrogens is 1. The molecule has 0 atom stereocenters. The van der Waals surface area contributed by atoms with E-state index in [1.54, 1.807) is 16.7 Å². The Labute approximate surface area is 184 Å². The molecule has 0 aliphatic rings. The summed E-state index contributed by atoms with van der Waals surface area (Å²) in [4.78, 5) is 58.0. The number of carboxylic acids is 2. The fourth-order valence-electron chi connectivity index (χ4n) is 3.22. The Balaban J connectivity index is 1.43. The van der Waals surface area contributed by atoms with Crippen molar-refractivity contribution in [1.29, 1.82) is 0 Å². The summed E-state index contributed by atoms with van der Waals surface area (Å²) in [5.74, 6) is -2.83. The molecular weight excluding hydrogens is 434 g/mol. The molecule has 13 nitrogen and oxygen atoms in total. The molecule has 0 spiro atoms. The minimum absolute atomic E-state index is 0.0228. The summed E-state index contributed by atoms with van der Waals surface area (Å²) in [6.07, 6.45) is 4.22. The molecule has 3 heterocycles. The fourth-order valence-corrected chi connectivity index (χ4v) is 3.22. The highest BCUT2D eigenvalue weighted by molar-refractivity contribution is 6.04. The number of nitrogens with one attached hydrogen (secondary N) is 2. The van der Waals surface area contributed by atoms with Crippen molar-refractivity contribution >= 4 is 29.0 Å². The number of aromatic nitrogens is 6. The first kappa shape index (κ1) is 21.4. The van der Waals surface area contributed by atoms with Gasteiger partial charge in [0, 0.05) is 19.3 Å². The SMILES string of the molecule is O=C(O)c1cnn(-c2nc3ncn(CCCNC(=O)c4ccccc4C(=O)O)c3c(=O)[nH]2)c1. The number of nitrogens with zero attached hydrogens (tertiary/aromatic N) is 5. The van der Waals surface area contributed by atoms with Crippen LogP contribution in [-0.2, 0) is 6.54 Å². The lowest BCUT2D eigenvalue weighted by atomic mass is 10.1. The molecule has 0 radical (unpaired) electrons. The van der Waals surface area contributed by atoms with Gasteiger partial charge in [0.2, 0.25) is 5.95 Å². The Morgan fingerprint density at radius 1 is 1.09 bits per heavy atom. The van der Waals surface area contributed by atoms with Crippen LogP contribution in [0.4, 0.5) is 0 Å². The number of hydrogen-bond donors (Lipinski definition) is 4. The number of aryl methyl sites for hydroxylation is 1. The monoisotopic (exact) mass is 451 g/mol. The molecule has 0 fully saturated rings. The van der Waals surface area contributed by atoms with Crippen LogP contribution in [0.5, 0.6) is 0 Å². The van der Waals surface area contributed by atoms with Crippen LogP contribution >= 0.6 is 0 Å². The lowest BCUT2D eigenvalue weighted by Gasteiger charge is -2.08. The van der Waals surface area contributed by atoms with Gasteiger partial charge in [-0.3, -0.25) is 14.6 Å². The number of aromatic amines is 1. The molecule has 33 heavy (non-hydrogen) atoms. The molecule has 4 rings (SSSR count). The first-order valence-corrected chi connectivity index (χ1v) is 9.69. The van der Waals surface area contributed by atoms with Crippen molar-refractivity contribution in [2.24, 2.45) is 0 Å². The van der Waals surface area contributed by atoms with Gasteiger partial charge in [0.1, 0.15) is 0 Å². The maximum atomic E-state index is 12.6. The van der Waals surface area contributed by atoms with Crippen LogP contribution in [0.3, 0.4) is 0 Å². The van der Waals surface area contributed by atoms with Crippen LogP contribution in [-0.4, -0.2) is 63.9 Å². The van der Waals surface area contributed by atoms with E-state index in [0.717, 1.165) is 10.9 Å². The number of benzene rings is 1. The maximum absolute atomic E-state index is 12.6. The van der Waals surface area contributed by atoms with Gasteiger partial charge in [-0.25, -0.2) is 19.3 Å². The number of aromatic carboxylic acids is 2. The highest BCUT2D eigenvalue weighted by Crippen LogP contribution is 2.10. The van der Waals surface area contributed by atoms with E-state index in [-0.39, 0.29) is 40.3 Å². The van der Waals surface area contributed by atoms with Gasteiger partial charge in [-0.15, -0.1) is 0 Å². The van der Waals surface area contributed by atoms with E-state index in [0.29, 0.717) is 13.0 Å². The third-order valence-corrected chi connectivity index (χ3v) is 4.78. The summed E-state index contributed by atoms with van der Waals surface area (Å²) in [6.45, 7) is 0.577. The molecule has 1 amide bonds. The van der Waals surface area contributed by atoms with Crippen LogP contribution in [0.2, 0.25) is 0 Å². The number of carbonyl (C=O) groups is 3. The number of carbonyl (C=O) groups excluding carboxylic acids is 1. The van der Waals surface area contributed by atoms with Crippen molar-refractivity contribution in [3.05, 3.63) is 70.0 Å².